The van der Waals surface area contributed by atoms with Gasteiger partial charge in [0, 0.05) is 12.6 Å². The van der Waals surface area contributed by atoms with Crippen LogP contribution >= 0.6 is 0 Å². The summed E-state index contributed by atoms with van der Waals surface area (Å²) in [6.45, 7) is 3.45. The Balaban J connectivity index is 1.31. The summed E-state index contributed by atoms with van der Waals surface area (Å²) in [7, 11) is -3.50. The highest BCUT2D eigenvalue weighted by molar-refractivity contribution is 7.85. The van der Waals surface area contributed by atoms with Crippen LogP contribution in [0.1, 0.15) is 51.4 Å². The van der Waals surface area contributed by atoms with Crippen LogP contribution in [-0.4, -0.2) is 75.5 Å². The second-order valence-electron chi connectivity index (χ2n) is 8.00. The predicted molar refractivity (Wildman–Crippen MR) is 98.4 cm³/mol. The molecule has 3 fully saturated rings. The van der Waals surface area contributed by atoms with Crippen molar-refractivity contribution in [2.45, 2.75) is 63.5 Å². The maximum absolute atomic E-state index is 11.9. The molecule has 0 bridgehead atoms. The zero-order valence-corrected chi connectivity index (χ0v) is 16.6. The molecule has 2 heterocycles. The lowest BCUT2D eigenvalue weighted by atomic mass is 9.91. The van der Waals surface area contributed by atoms with Gasteiger partial charge in [-0.25, -0.2) is 4.79 Å². The number of rotatable bonds is 8. The maximum atomic E-state index is 11.9. The van der Waals surface area contributed by atoms with Crippen LogP contribution in [0.15, 0.2) is 0 Å². The summed E-state index contributed by atoms with van der Waals surface area (Å²) in [5.41, 5.74) is 0. The molecule has 150 valence electrons. The first-order valence-electron chi connectivity index (χ1n) is 9.95. The van der Waals surface area contributed by atoms with Gasteiger partial charge in [0.15, 0.2) is 0 Å². The third-order valence-corrected chi connectivity index (χ3v) is 6.51. The fourth-order valence-electron chi connectivity index (χ4n) is 4.49. The highest BCUT2D eigenvalue weighted by Gasteiger charge is 2.32. The lowest BCUT2D eigenvalue weighted by Crippen LogP contribution is -2.40. The normalized spacial score (nSPS) is 26.6. The first-order chi connectivity index (χ1) is 12.4. The Morgan fingerprint density at radius 2 is 1.85 bits per heavy atom. The SMILES string of the molecule is CS(=O)(=O)OCC1CN(CCCC2CCN(C3CCCC3)CC2)C(=O)O1. The summed E-state index contributed by atoms with van der Waals surface area (Å²) in [6, 6.07) is 0.835. The number of likely N-dealkylation sites (tertiary alicyclic amines) is 1. The van der Waals surface area contributed by atoms with Crippen molar-refractivity contribution in [3.8, 4) is 0 Å². The number of ether oxygens (including phenoxy) is 1. The third kappa shape index (κ3) is 5.82. The number of nitrogens with zero attached hydrogens (tertiary/aromatic N) is 2. The molecule has 1 amide bonds. The molecule has 1 unspecified atom stereocenters. The summed E-state index contributed by atoms with van der Waals surface area (Å²) in [5.74, 6) is 0.760. The molecule has 3 aliphatic rings. The van der Waals surface area contributed by atoms with Crippen molar-refractivity contribution in [3.63, 3.8) is 0 Å². The molecule has 7 nitrogen and oxygen atoms in total. The number of amides is 1. The molecular weight excluding hydrogens is 356 g/mol. The minimum absolute atomic E-state index is 0.0965. The van der Waals surface area contributed by atoms with Crippen LogP contribution in [0.2, 0.25) is 0 Å². The molecule has 0 radical (unpaired) electrons. The molecule has 26 heavy (non-hydrogen) atoms. The fourth-order valence-corrected chi connectivity index (χ4v) is 4.89. The van der Waals surface area contributed by atoms with Gasteiger partial charge >= 0.3 is 6.09 Å². The molecule has 0 spiro atoms. The number of carbonyl (C=O) groups is 1. The first kappa shape index (κ1) is 19.9. The van der Waals surface area contributed by atoms with Crippen LogP contribution in [0, 0.1) is 5.92 Å². The molecule has 3 rings (SSSR count). The number of cyclic esters (lactones) is 1. The summed E-state index contributed by atoms with van der Waals surface area (Å²) in [5, 5.41) is 0. The molecule has 0 aromatic heterocycles. The van der Waals surface area contributed by atoms with Crippen molar-refractivity contribution in [2.75, 3.05) is 39.0 Å². The second kappa shape index (κ2) is 8.89. The van der Waals surface area contributed by atoms with Gasteiger partial charge in [-0.15, -0.1) is 0 Å². The van der Waals surface area contributed by atoms with Crippen LogP contribution in [0.5, 0.6) is 0 Å². The van der Waals surface area contributed by atoms with Crippen molar-refractivity contribution in [1.82, 2.24) is 9.80 Å². The Morgan fingerprint density at radius 1 is 1.15 bits per heavy atom. The maximum Gasteiger partial charge on any atom is 0.410 e. The monoisotopic (exact) mass is 388 g/mol. The van der Waals surface area contributed by atoms with E-state index in [0.717, 1.165) is 31.1 Å². The molecule has 2 aliphatic heterocycles. The minimum atomic E-state index is -3.50. The summed E-state index contributed by atoms with van der Waals surface area (Å²) >= 11 is 0. The molecule has 0 aromatic carbocycles. The average Bonchev–Trinajstić information content (AvgIpc) is 3.24. The van der Waals surface area contributed by atoms with Crippen LogP contribution in [0.3, 0.4) is 0 Å². The average molecular weight is 389 g/mol. The lowest BCUT2D eigenvalue weighted by molar-refractivity contribution is 0.104. The highest BCUT2D eigenvalue weighted by Crippen LogP contribution is 2.29. The van der Waals surface area contributed by atoms with E-state index in [4.69, 9.17) is 8.92 Å². The quantitative estimate of drug-likeness (QED) is 0.594. The highest BCUT2D eigenvalue weighted by atomic mass is 32.2. The number of carbonyl (C=O) groups excluding carboxylic acids is 1. The van der Waals surface area contributed by atoms with Crippen molar-refractivity contribution in [3.05, 3.63) is 0 Å². The van der Waals surface area contributed by atoms with Gasteiger partial charge in [0.05, 0.1) is 12.8 Å². The zero-order chi connectivity index (χ0) is 18.6. The van der Waals surface area contributed by atoms with E-state index in [9.17, 15) is 13.2 Å². The fraction of sp³-hybridized carbons (Fsp3) is 0.944. The van der Waals surface area contributed by atoms with Crippen molar-refractivity contribution in [1.29, 1.82) is 0 Å². The van der Waals surface area contributed by atoms with E-state index in [1.54, 1.807) is 4.90 Å². The van der Waals surface area contributed by atoms with Gasteiger partial charge in [-0.3, -0.25) is 4.18 Å². The zero-order valence-electron chi connectivity index (χ0n) is 15.8. The predicted octanol–water partition coefficient (Wildman–Crippen LogP) is 2.22. The number of piperidine rings is 1. The molecule has 8 heteroatoms. The standard InChI is InChI=1S/C18H32N2O5S/c1-26(22,23)24-14-17-13-20(18(21)25-17)10-4-5-15-8-11-19(12-9-15)16-6-2-3-7-16/h15-17H,2-14H2,1H3. The Hall–Kier alpha value is -0.860. The van der Waals surface area contributed by atoms with E-state index in [1.165, 1.54) is 51.6 Å². The molecule has 0 aromatic rings. The van der Waals surface area contributed by atoms with E-state index in [-0.39, 0.29) is 12.7 Å². The van der Waals surface area contributed by atoms with Gasteiger partial charge in [0.25, 0.3) is 10.1 Å². The van der Waals surface area contributed by atoms with E-state index in [0.29, 0.717) is 13.1 Å². The van der Waals surface area contributed by atoms with Crippen molar-refractivity contribution >= 4 is 16.2 Å². The summed E-state index contributed by atoms with van der Waals surface area (Å²) < 4.78 is 32.0. The van der Waals surface area contributed by atoms with E-state index >= 15 is 0 Å². The summed E-state index contributed by atoms with van der Waals surface area (Å²) in [4.78, 5) is 16.2. The van der Waals surface area contributed by atoms with E-state index < -0.39 is 16.2 Å². The van der Waals surface area contributed by atoms with Crippen molar-refractivity contribution in [2.24, 2.45) is 5.92 Å². The van der Waals surface area contributed by atoms with Crippen molar-refractivity contribution < 1.29 is 22.1 Å². The molecular formula is C18H32N2O5S. The molecule has 1 aliphatic carbocycles. The van der Waals surface area contributed by atoms with Gasteiger partial charge in [-0.2, -0.15) is 8.42 Å². The molecule has 2 saturated heterocycles. The topological polar surface area (TPSA) is 76.2 Å². The van der Waals surface area contributed by atoms with Crippen LogP contribution < -0.4 is 0 Å². The molecule has 1 atom stereocenters. The van der Waals surface area contributed by atoms with Crippen LogP contribution in [0.4, 0.5) is 4.79 Å². The Labute approximate surface area is 157 Å². The number of hydrogen-bond acceptors (Lipinski definition) is 6. The largest absolute Gasteiger partial charge is 0.442 e. The minimum Gasteiger partial charge on any atom is -0.442 e. The molecule has 0 N–H and O–H groups in total. The van der Waals surface area contributed by atoms with E-state index in [2.05, 4.69) is 4.90 Å². The van der Waals surface area contributed by atoms with Crippen LogP contribution in [-0.2, 0) is 19.0 Å². The smallest absolute Gasteiger partial charge is 0.410 e. The van der Waals surface area contributed by atoms with Crippen LogP contribution in [0.25, 0.3) is 0 Å². The van der Waals surface area contributed by atoms with E-state index in [1.807, 2.05) is 0 Å². The van der Waals surface area contributed by atoms with Gasteiger partial charge in [-0.05, 0) is 57.5 Å². The third-order valence-electron chi connectivity index (χ3n) is 5.95. The molecule has 1 saturated carbocycles. The van der Waals surface area contributed by atoms with Gasteiger partial charge in [0.2, 0.25) is 0 Å². The summed E-state index contributed by atoms with van der Waals surface area (Å²) in [6.07, 6.45) is 10.4. The Morgan fingerprint density at radius 3 is 2.50 bits per heavy atom. The van der Waals surface area contributed by atoms with Gasteiger partial charge < -0.3 is 14.5 Å². The second-order valence-corrected chi connectivity index (χ2v) is 9.64. The van der Waals surface area contributed by atoms with Gasteiger partial charge in [-0.1, -0.05) is 12.8 Å². The Kier molecular flexibility index (Phi) is 6.80. The first-order valence-corrected chi connectivity index (χ1v) is 11.8. The number of hydrogen-bond donors (Lipinski definition) is 0. The Bertz CT molecular complexity index is 568. The van der Waals surface area contributed by atoms with Gasteiger partial charge in [0.1, 0.15) is 12.7 Å². The lowest BCUT2D eigenvalue weighted by Gasteiger charge is -2.36.